The van der Waals surface area contributed by atoms with Crippen molar-refractivity contribution in [2.45, 2.75) is 19.4 Å². The van der Waals surface area contributed by atoms with Gasteiger partial charge in [0.25, 0.3) is 0 Å². The minimum absolute atomic E-state index is 0.896. The molecule has 0 unspecified atom stereocenters. The van der Waals surface area contributed by atoms with E-state index in [1.165, 1.54) is 11.1 Å². The number of thiocarbonyl (C=S) groups is 1. The zero-order valence-electron chi connectivity index (χ0n) is 14.7. The third-order valence-corrected chi connectivity index (χ3v) is 5.06. The van der Waals surface area contributed by atoms with E-state index in [2.05, 4.69) is 75.8 Å². The van der Waals surface area contributed by atoms with E-state index in [1.54, 1.807) is 0 Å². The molecule has 0 atom stereocenters. The van der Waals surface area contributed by atoms with Crippen LogP contribution in [0.1, 0.15) is 17.5 Å². The van der Waals surface area contributed by atoms with Crippen molar-refractivity contribution in [2.24, 2.45) is 0 Å². The Bertz CT molecular complexity index is 645. The summed E-state index contributed by atoms with van der Waals surface area (Å²) in [5.74, 6) is 0. The monoisotopic (exact) mass is 353 g/mol. The molecule has 1 N–H and O–H groups in total. The summed E-state index contributed by atoms with van der Waals surface area (Å²) >= 11 is 5.61. The highest BCUT2D eigenvalue weighted by Gasteiger charge is 2.16. The van der Waals surface area contributed by atoms with E-state index in [9.17, 15) is 0 Å². The molecule has 2 aromatic carbocycles. The molecule has 0 amide bonds. The number of nitrogens with one attached hydrogen (secondary N) is 1. The van der Waals surface area contributed by atoms with Crippen LogP contribution in [-0.2, 0) is 13.0 Å². The molecule has 4 heteroatoms. The van der Waals surface area contributed by atoms with Gasteiger partial charge in [-0.3, -0.25) is 4.90 Å². The molecule has 1 aliphatic heterocycles. The molecule has 0 radical (unpaired) electrons. The second kappa shape index (κ2) is 9.54. The maximum absolute atomic E-state index is 5.61. The fourth-order valence-electron chi connectivity index (χ4n) is 3.24. The Morgan fingerprint density at radius 2 is 1.52 bits per heavy atom. The van der Waals surface area contributed by atoms with Gasteiger partial charge in [-0.05, 0) is 36.2 Å². The molecular formula is C21H27N3S. The highest BCUT2D eigenvalue weighted by molar-refractivity contribution is 7.80. The number of hydrogen-bond donors (Lipinski definition) is 1. The molecule has 0 spiro atoms. The van der Waals surface area contributed by atoms with Crippen molar-refractivity contribution in [1.29, 1.82) is 0 Å². The van der Waals surface area contributed by atoms with Crippen molar-refractivity contribution in [1.82, 2.24) is 15.1 Å². The highest BCUT2D eigenvalue weighted by Crippen LogP contribution is 2.09. The third-order valence-electron chi connectivity index (χ3n) is 4.66. The standard InChI is InChI=1S/C21H27N3S/c25-21(22-13-12-19-8-3-1-4-9-19)24-15-7-14-23(16-17-24)18-20-10-5-2-6-11-20/h1-6,8-11H,7,12-18H2,(H,22,25). The van der Waals surface area contributed by atoms with Crippen LogP contribution >= 0.6 is 12.2 Å². The van der Waals surface area contributed by atoms with Crippen molar-refractivity contribution >= 4 is 17.3 Å². The van der Waals surface area contributed by atoms with Crippen molar-refractivity contribution < 1.29 is 0 Å². The minimum Gasteiger partial charge on any atom is -0.362 e. The molecule has 1 saturated heterocycles. The van der Waals surface area contributed by atoms with Crippen LogP contribution in [0.15, 0.2) is 60.7 Å². The van der Waals surface area contributed by atoms with E-state index < -0.39 is 0 Å². The van der Waals surface area contributed by atoms with Crippen molar-refractivity contribution in [3.63, 3.8) is 0 Å². The first-order valence-electron chi connectivity index (χ1n) is 9.14. The second-order valence-corrected chi connectivity index (χ2v) is 6.96. The van der Waals surface area contributed by atoms with Gasteiger partial charge in [-0.15, -0.1) is 0 Å². The Kier molecular flexibility index (Phi) is 6.83. The smallest absolute Gasteiger partial charge is 0.168 e. The Balaban J connectivity index is 1.42. The van der Waals surface area contributed by atoms with Crippen molar-refractivity contribution in [3.05, 3.63) is 71.8 Å². The fourth-order valence-corrected chi connectivity index (χ4v) is 3.53. The largest absolute Gasteiger partial charge is 0.362 e. The zero-order valence-corrected chi connectivity index (χ0v) is 15.5. The van der Waals surface area contributed by atoms with Crippen LogP contribution in [0, 0.1) is 0 Å². The lowest BCUT2D eigenvalue weighted by atomic mass is 10.1. The van der Waals surface area contributed by atoms with Gasteiger partial charge in [0.1, 0.15) is 0 Å². The molecular weight excluding hydrogens is 326 g/mol. The summed E-state index contributed by atoms with van der Waals surface area (Å²) in [6.45, 7) is 6.18. The third kappa shape index (κ3) is 5.83. The average Bonchev–Trinajstić information content (AvgIpc) is 2.89. The summed E-state index contributed by atoms with van der Waals surface area (Å²) in [6.07, 6.45) is 2.17. The maximum atomic E-state index is 5.61. The lowest BCUT2D eigenvalue weighted by Crippen LogP contribution is -2.42. The maximum Gasteiger partial charge on any atom is 0.168 e. The summed E-state index contributed by atoms with van der Waals surface area (Å²) in [4.78, 5) is 4.85. The van der Waals surface area contributed by atoms with Crippen molar-refractivity contribution in [2.75, 3.05) is 32.7 Å². The van der Waals surface area contributed by atoms with Gasteiger partial charge in [0.15, 0.2) is 5.11 Å². The van der Waals surface area contributed by atoms with E-state index >= 15 is 0 Å². The number of benzene rings is 2. The molecule has 132 valence electrons. The first-order chi connectivity index (χ1) is 12.3. The van der Waals surface area contributed by atoms with Crippen molar-refractivity contribution in [3.8, 4) is 0 Å². The van der Waals surface area contributed by atoms with Gasteiger partial charge in [0.2, 0.25) is 0 Å². The van der Waals surface area contributed by atoms with Gasteiger partial charge in [0, 0.05) is 39.3 Å². The van der Waals surface area contributed by atoms with Crippen LogP contribution in [-0.4, -0.2) is 47.6 Å². The van der Waals surface area contributed by atoms with Crippen LogP contribution in [0.3, 0.4) is 0 Å². The van der Waals surface area contributed by atoms with Gasteiger partial charge in [-0.1, -0.05) is 60.7 Å². The molecule has 0 saturated carbocycles. The predicted octanol–water partition coefficient (Wildman–Crippen LogP) is 3.31. The van der Waals surface area contributed by atoms with Crippen LogP contribution in [0.4, 0.5) is 0 Å². The Labute approximate surface area is 156 Å². The lowest BCUT2D eigenvalue weighted by Gasteiger charge is -2.24. The van der Waals surface area contributed by atoms with Crippen LogP contribution in [0.2, 0.25) is 0 Å². The van der Waals surface area contributed by atoms with Gasteiger partial charge in [0.05, 0.1) is 0 Å². The Morgan fingerprint density at radius 1 is 0.840 bits per heavy atom. The summed E-state index contributed by atoms with van der Waals surface area (Å²) in [5.41, 5.74) is 2.74. The molecule has 3 rings (SSSR count). The first kappa shape index (κ1) is 17.9. The van der Waals surface area contributed by atoms with E-state index in [0.29, 0.717) is 0 Å². The van der Waals surface area contributed by atoms with E-state index in [-0.39, 0.29) is 0 Å². The van der Waals surface area contributed by atoms with E-state index in [0.717, 1.165) is 57.2 Å². The van der Waals surface area contributed by atoms with Gasteiger partial charge < -0.3 is 10.2 Å². The predicted molar refractivity (Wildman–Crippen MR) is 109 cm³/mol. The Hall–Kier alpha value is -1.91. The minimum atomic E-state index is 0.896. The molecule has 1 heterocycles. The normalized spacial score (nSPS) is 15.6. The lowest BCUT2D eigenvalue weighted by molar-refractivity contribution is 0.277. The summed E-state index contributed by atoms with van der Waals surface area (Å²) in [6, 6.07) is 21.3. The number of rotatable bonds is 5. The molecule has 2 aromatic rings. The molecule has 3 nitrogen and oxygen atoms in total. The van der Waals surface area contributed by atoms with Crippen LogP contribution in [0.25, 0.3) is 0 Å². The average molecular weight is 354 g/mol. The molecule has 0 aromatic heterocycles. The van der Waals surface area contributed by atoms with Crippen LogP contribution < -0.4 is 5.32 Å². The topological polar surface area (TPSA) is 18.5 Å². The molecule has 1 aliphatic rings. The quantitative estimate of drug-likeness (QED) is 0.831. The fraction of sp³-hybridized carbons (Fsp3) is 0.381. The number of hydrogen-bond acceptors (Lipinski definition) is 2. The van der Waals surface area contributed by atoms with Gasteiger partial charge in [-0.25, -0.2) is 0 Å². The van der Waals surface area contributed by atoms with Crippen LogP contribution in [0.5, 0.6) is 0 Å². The molecule has 25 heavy (non-hydrogen) atoms. The summed E-state index contributed by atoms with van der Waals surface area (Å²) in [5, 5.41) is 4.33. The highest BCUT2D eigenvalue weighted by atomic mass is 32.1. The zero-order chi connectivity index (χ0) is 17.3. The molecule has 1 fully saturated rings. The molecule has 0 aliphatic carbocycles. The SMILES string of the molecule is S=C(NCCc1ccccc1)N1CCCN(Cc2ccccc2)CC1. The van der Waals surface area contributed by atoms with Gasteiger partial charge in [-0.2, -0.15) is 0 Å². The second-order valence-electron chi connectivity index (χ2n) is 6.57. The Morgan fingerprint density at radius 3 is 2.24 bits per heavy atom. The summed E-state index contributed by atoms with van der Waals surface area (Å²) < 4.78 is 0. The van der Waals surface area contributed by atoms with Gasteiger partial charge >= 0.3 is 0 Å². The van der Waals surface area contributed by atoms with E-state index in [4.69, 9.17) is 12.2 Å². The number of nitrogens with zero attached hydrogens (tertiary/aromatic N) is 2. The molecule has 0 bridgehead atoms. The first-order valence-corrected chi connectivity index (χ1v) is 9.55. The summed E-state index contributed by atoms with van der Waals surface area (Å²) in [7, 11) is 0. The van der Waals surface area contributed by atoms with E-state index in [1.807, 2.05) is 0 Å².